The summed E-state index contributed by atoms with van der Waals surface area (Å²) in [4.78, 5) is 7.26. The molecule has 0 amide bonds. The summed E-state index contributed by atoms with van der Waals surface area (Å²) in [5, 5.41) is 4.66. The van der Waals surface area contributed by atoms with E-state index in [-0.39, 0.29) is 0 Å². The SMILES string of the molecule is CCCc1nn(C)c2c1nc(N)n2C1CCN2CCCC12. The van der Waals surface area contributed by atoms with Gasteiger partial charge in [-0.3, -0.25) is 14.1 Å². The zero-order valence-corrected chi connectivity index (χ0v) is 12.9. The van der Waals surface area contributed by atoms with E-state index in [2.05, 4.69) is 26.5 Å². The summed E-state index contributed by atoms with van der Waals surface area (Å²) >= 11 is 0. The maximum Gasteiger partial charge on any atom is 0.202 e. The minimum atomic E-state index is 0.461. The van der Waals surface area contributed by atoms with Crippen LogP contribution in [0.2, 0.25) is 0 Å². The largest absolute Gasteiger partial charge is 0.369 e. The zero-order valence-electron chi connectivity index (χ0n) is 12.9. The minimum Gasteiger partial charge on any atom is -0.369 e. The molecule has 2 atom stereocenters. The number of hydrogen-bond acceptors (Lipinski definition) is 4. The molecule has 0 saturated carbocycles. The lowest BCUT2D eigenvalue weighted by molar-refractivity contribution is 0.292. The average molecular weight is 288 g/mol. The molecule has 0 radical (unpaired) electrons. The fourth-order valence-corrected chi connectivity index (χ4v) is 4.31. The number of hydrogen-bond donors (Lipinski definition) is 1. The third kappa shape index (κ3) is 1.81. The van der Waals surface area contributed by atoms with E-state index in [1.807, 2.05) is 11.7 Å². The highest BCUT2D eigenvalue weighted by Gasteiger charge is 2.40. The molecular formula is C15H24N6. The van der Waals surface area contributed by atoms with Gasteiger partial charge >= 0.3 is 0 Å². The molecule has 0 bridgehead atoms. The molecule has 6 heteroatoms. The van der Waals surface area contributed by atoms with Crippen LogP contribution in [0.3, 0.4) is 0 Å². The molecule has 21 heavy (non-hydrogen) atoms. The fraction of sp³-hybridized carbons (Fsp3) is 0.733. The number of aromatic nitrogens is 4. The van der Waals surface area contributed by atoms with Crippen LogP contribution in [-0.2, 0) is 13.5 Å². The highest BCUT2D eigenvalue weighted by molar-refractivity contribution is 5.78. The maximum absolute atomic E-state index is 6.29. The van der Waals surface area contributed by atoms with Crippen molar-refractivity contribution in [3.63, 3.8) is 0 Å². The first-order valence-corrected chi connectivity index (χ1v) is 8.14. The second kappa shape index (κ2) is 4.73. The van der Waals surface area contributed by atoms with Crippen molar-refractivity contribution in [1.29, 1.82) is 0 Å². The molecule has 6 nitrogen and oxygen atoms in total. The second-order valence-corrected chi connectivity index (χ2v) is 6.43. The highest BCUT2D eigenvalue weighted by Crippen LogP contribution is 2.39. The van der Waals surface area contributed by atoms with Crippen LogP contribution in [0.25, 0.3) is 11.2 Å². The lowest BCUT2D eigenvalue weighted by atomic mass is 10.1. The van der Waals surface area contributed by atoms with E-state index in [0.29, 0.717) is 18.0 Å². The average Bonchev–Trinajstić information content (AvgIpc) is 3.15. The van der Waals surface area contributed by atoms with Gasteiger partial charge in [-0.15, -0.1) is 0 Å². The van der Waals surface area contributed by atoms with Crippen molar-refractivity contribution in [3.8, 4) is 0 Å². The summed E-state index contributed by atoms with van der Waals surface area (Å²) in [6.07, 6.45) is 5.82. The molecule has 2 aromatic heterocycles. The molecule has 2 N–H and O–H groups in total. The Hall–Kier alpha value is -1.56. The quantitative estimate of drug-likeness (QED) is 0.934. The Labute approximate surface area is 124 Å². The van der Waals surface area contributed by atoms with Gasteiger partial charge < -0.3 is 5.73 Å². The number of anilines is 1. The molecule has 2 saturated heterocycles. The highest BCUT2D eigenvalue weighted by atomic mass is 15.4. The standard InChI is InChI=1S/C15H24N6/c1-3-5-10-13-14(19(2)18-10)21(15(16)17-13)12-7-9-20-8-4-6-11(12)20/h11-12H,3-9H2,1-2H3,(H2,16,17). The van der Waals surface area contributed by atoms with Crippen LogP contribution in [0.5, 0.6) is 0 Å². The number of nitrogens with zero attached hydrogens (tertiary/aromatic N) is 5. The molecular weight excluding hydrogens is 264 g/mol. The molecule has 2 aliphatic rings. The van der Waals surface area contributed by atoms with Crippen LogP contribution >= 0.6 is 0 Å². The van der Waals surface area contributed by atoms with Crippen molar-refractivity contribution in [1.82, 2.24) is 24.2 Å². The number of imidazole rings is 1. The van der Waals surface area contributed by atoms with Gasteiger partial charge in [0.15, 0.2) is 5.65 Å². The summed E-state index contributed by atoms with van der Waals surface area (Å²) in [6, 6.07) is 1.09. The molecule has 4 heterocycles. The number of nitrogens with two attached hydrogens (primary N) is 1. The number of nitrogen functional groups attached to an aromatic ring is 1. The Morgan fingerprint density at radius 2 is 2.10 bits per heavy atom. The first-order valence-electron chi connectivity index (χ1n) is 8.14. The molecule has 4 rings (SSSR count). The summed E-state index contributed by atoms with van der Waals surface area (Å²) in [5.74, 6) is 0.661. The normalized spacial score (nSPS) is 26.0. The van der Waals surface area contributed by atoms with Crippen LogP contribution in [0.4, 0.5) is 5.95 Å². The Morgan fingerprint density at radius 1 is 1.24 bits per heavy atom. The first-order chi connectivity index (χ1) is 10.2. The van der Waals surface area contributed by atoms with Gasteiger partial charge in [0.05, 0.1) is 11.7 Å². The van der Waals surface area contributed by atoms with Crippen molar-refractivity contribution in [2.75, 3.05) is 18.8 Å². The van der Waals surface area contributed by atoms with Gasteiger partial charge in [-0.2, -0.15) is 5.10 Å². The van der Waals surface area contributed by atoms with Crippen LogP contribution in [0.1, 0.15) is 44.3 Å². The molecule has 2 aromatic rings. The monoisotopic (exact) mass is 288 g/mol. The van der Waals surface area contributed by atoms with E-state index >= 15 is 0 Å². The van der Waals surface area contributed by atoms with E-state index in [4.69, 9.17) is 5.73 Å². The predicted molar refractivity (Wildman–Crippen MR) is 83.2 cm³/mol. The second-order valence-electron chi connectivity index (χ2n) is 6.43. The third-order valence-electron chi connectivity index (χ3n) is 5.15. The van der Waals surface area contributed by atoms with Gasteiger partial charge in [0.25, 0.3) is 0 Å². The minimum absolute atomic E-state index is 0.461. The Kier molecular flexibility index (Phi) is 2.96. The van der Waals surface area contributed by atoms with Crippen LogP contribution in [0, 0.1) is 0 Å². The smallest absolute Gasteiger partial charge is 0.202 e. The third-order valence-corrected chi connectivity index (χ3v) is 5.15. The summed E-state index contributed by atoms with van der Waals surface area (Å²) < 4.78 is 4.23. The van der Waals surface area contributed by atoms with Gasteiger partial charge in [-0.25, -0.2) is 4.98 Å². The van der Waals surface area contributed by atoms with Crippen LogP contribution in [0.15, 0.2) is 0 Å². The van der Waals surface area contributed by atoms with Gasteiger partial charge in [0, 0.05) is 19.6 Å². The van der Waals surface area contributed by atoms with E-state index in [1.54, 1.807) is 0 Å². The number of fused-ring (bicyclic) bond motifs is 2. The van der Waals surface area contributed by atoms with Gasteiger partial charge in [0.1, 0.15) is 5.52 Å². The van der Waals surface area contributed by atoms with Crippen molar-refractivity contribution in [3.05, 3.63) is 5.69 Å². The lowest BCUT2D eigenvalue weighted by Gasteiger charge is -2.22. The summed E-state index contributed by atoms with van der Waals surface area (Å²) in [5.41, 5.74) is 9.49. The van der Waals surface area contributed by atoms with E-state index in [0.717, 1.165) is 29.7 Å². The fourth-order valence-electron chi connectivity index (χ4n) is 4.31. The zero-order chi connectivity index (χ0) is 14.6. The van der Waals surface area contributed by atoms with Crippen LogP contribution < -0.4 is 5.73 Å². The summed E-state index contributed by atoms with van der Waals surface area (Å²) in [6.45, 7) is 4.60. The van der Waals surface area contributed by atoms with E-state index in [1.165, 1.54) is 32.4 Å². The summed E-state index contributed by atoms with van der Waals surface area (Å²) in [7, 11) is 2.01. The number of aryl methyl sites for hydroxylation is 2. The van der Waals surface area contributed by atoms with Crippen molar-refractivity contribution >= 4 is 17.1 Å². The molecule has 2 fully saturated rings. The van der Waals surface area contributed by atoms with Gasteiger partial charge in [-0.1, -0.05) is 13.3 Å². The topological polar surface area (TPSA) is 64.9 Å². The van der Waals surface area contributed by atoms with Gasteiger partial charge in [-0.05, 0) is 32.2 Å². The Morgan fingerprint density at radius 3 is 2.90 bits per heavy atom. The van der Waals surface area contributed by atoms with Crippen LogP contribution in [-0.4, -0.2) is 43.4 Å². The Bertz CT molecular complexity index is 669. The van der Waals surface area contributed by atoms with E-state index in [9.17, 15) is 0 Å². The maximum atomic E-state index is 6.29. The van der Waals surface area contributed by atoms with Crippen molar-refractivity contribution in [2.45, 2.75) is 51.1 Å². The molecule has 0 spiro atoms. The molecule has 0 aliphatic carbocycles. The van der Waals surface area contributed by atoms with Crippen molar-refractivity contribution in [2.24, 2.45) is 7.05 Å². The number of rotatable bonds is 3. The lowest BCUT2D eigenvalue weighted by Crippen LogP contribution is -2.28. The predicted octanol–water partition coefficient (Wildman–Crippen LogP) is 1.71. The Balaban J connectivity index is 1.83. The molecule has 0 aromatic carbocycles. The van der Waals surface area contributed by atoms with Crippen molar-refractivity contribution < 1.29 is 0 Å². The van der Waals surface area contributed by atoms with Gasteiger partial charge in [0.2, 0.25) is 5.95 Å². The molecule has 2 aliphatic heterocycles. The molecule has 114 valence electrons. The first kappa shape index (κ1) is 13.1. The van der Waals surface area contributed by atoms with E-state index < -0.39 is 0 Å². The molecule has 2 unspecified atom stereocenters.